The molecule has 0 aliphatic carbocycles. The zero-order chi connectivity index (χ0) is 15.6. The largest absolute Gasteiger partial charge is 0.444 e. The van der Waals surface area contributed by atoms with E-state index >= 15 is 0 Å². The predicted molar refractivity (Wildman–Crippen MR) is 79.1 cm³/mol. The highest BCUT2D eigenvalue weighted by molar-refractivity contribution is 5.68. The van der Waals surface area contributed by atoms with Crippen molar-refractivity contribution in [2.75, 3.05) is 26.2 Å². The lowest BCUT2D eigenvalue weighted by Gasteiger charge is -2.35. The second kappa shape index (κ2) is 6.05. The van der Waals surface area contributed by atoms with Crippen LogP contribution in [0.2, 0.25) is 0 Å². The molecule has 1 saturated heterocycles. The first-order valence-corrected chi connectivity index (χ1v) is 7.38. The van der Waals surface area contributed by atoms with Gasteiger partial charge in [0.25, 0.3) is 0 Å². The van der Waals surface area contributed by atoms with Crippen LogP contribution in [0.1, 0.15) is 37.8 Å². The predicted octanol–water partition coefficient (Wildman–Crippen LogP) is 2.34. The molecule has 118 valence electrons. The van der Waals surface area contributed by atoms with Gasteiger partial charge in [0.2, 0.25) is 0 Å². The smallest absolute Gasteiger partial charge is 0.410 e. The lowest BCUT2D eigenvalue weighted by atomic mass is 10.2. The Kier molecular flexibility index (Phi) is 4.56. The number of aryl methyl sites for hydroxylation is 2. The molecule has 6 heteroatoms. The number of carbonyl (C=O) groups excluding carboxylic acids is 1. The quantitative estimate of drug-likeness (QED) is 0.838. The molecule has 21 heavy (non-hydrogen) atoms. The molecule has 0 N–H and O–H groups in total. The average molecular weight is 295 g/mol. The van der Waals surface area contributed by atoms with Gasteiger partial charge in [-0.15, -0.1) is 0 Å². The van der Waals surface area contributed by atoms with Gasteiger partial charge in [0.05, 0.1) is 5.69 Å². The van der Waals surface area contributed by atoms with E-state index in [4.69, 9.17) is 9.26 Å². The third-order valence-corrected chi connectivity index (χ3v) is 3.59. The molecular formula is C15H25N3O3. The molecule has 1 aromatic heterocycles. The third kappa shape index (κ3) is 4.20. The van der Waals surface area contributed by atoms with Crippen LogP contribution >= 0.6 is 0 Å². The highest BCUT2D eigenvalue weighted by Gasteiger charge is 2.26. The third-order valence-electron chi connectivity index (χ3n) is 3.59. The fourth-order valence-corrected chi connectivity index (χ4v) is 2.37. The van der Waals surface area contributed by atoms with Crippen LogP contribution in [0.15, 0.2) is 4.52 Å². The van der Waals surface area contributed by atoms with E-state index in [2.05, 4.69) is 10.1 Å². The Hall–Kier alpha value is -1.56. The summed E-state index contributed by atoms with van der Waals surface area (Å²) in [5.41, 5.74) is 1.66. The average Bonchev–Trinajstić information content (AvgIpc) is 2.69. The normalized spacial score (nSPS) is 17.1. The maximum atomic E-state index is 12.0. The highest BCUT2D eigenvalue weighted by Crippen LogP contribution is 2.17. The van der Waals surface area contributed by atoms with Crippen molar-refractivity contribution in [1.29, 1.82) is 0 Å². The van der Waals surface area contributed by atoms with Crippen LogP contribution in [-0.2, 0) is 11.3 Å². The van der Waals surface area contributed by atoms with E-state index < -0.39 is 5.60 Å². The Labute approximate surface area is 126 Å². The SMILES string of the molecule is Cc1noc(C)c1CN1CCN(C(=O)OC(C)(C)C)CC1. The number of hydrogen-bond acceptors (Lipinski definition) is 5. The van der Waals surface area contributed by atoms with Gasteiger partial charge in [0.1, 0.15) is 11.4 Å². The summed E-state index contributed by atoms with van der Waals surface area (Å²) in [6.07, 6.45) is -0.223. The minimum Gasteiger partial charge on any atom is -0.444 e. The molecule has 2 rings (SSSR count). The maximum Gasteiger partial charge on any atom is 0.410 e. The summed E-state index contributed by atoms with van der Waals surface area (Å²) in [4.78, 5) is 16.1. The van der Waals surface area contributed by atoms with Crippen molar-refractivity contribution in [3.05, 3.63) is 17.0 Å². The number of carbonyl (C=O) groups is 1. The number of ether oxygens (including phenoxy) is 1. The zero-order valence-electron chi connectivity index (χ0n) is 13.6. The molecule has 0 atom stereocenters. The number of rotatable bonds is 2. The summed E-state index contributed by atoms with van der Waals surface area (Å²) in [7, 11) is 0. The summed E-state index contributed by atoms with van der Waals surface area (Å²) >= 11 is 0. The number of amides is 1. The number of piperazine rings is 1. The van der Waals surface area contributed by atoms with E-state index in [9.17, 15) is 4.79 Å². The van der Waals surface area contributed by atoms with Gasteiger partial charge in [-0.3, -0.25) is 4.90 Å². The van der Waals surface area contributed by atoms with Crippen LogP contribution in [0, 0.1) is 13.8 Å². The van der Waals surface area contributed by atoms with Gasteiger partial charge >= 0.3 is 6.09 Å². The molecular weight excluding hydrogens is 270 g/mol. The number of hydrogen-bond donors (Lipinski definition) is 0. The van der Waals surface area contributed by atoms with E-state index in [1.807, 2.05) is 34.6 Å². The maximum absolute atomic E-state index is 12.0. The van der Waals surface area contributed by atoms with Crippen molar-refractivity contribution >= 4 is 6.09 Å². The molecule has 0 unspecified atom stereocenters. The molecule has 1 aliphatic heterocycles. The first-order valence-electron chi connectivity index (χ1n) is 7.38. The van der Waals surface area contributed by atoms with Gasteiger partial charge in [-0.25, -0.2) is 4.79 Å². The van der Waals surface area contributed by atoms with E-state index in [1.165, 1.54) is 0 Å². The van der Waals surface area contributed by atoms with E-state index in [0.717, 1.165) is 36.7 Å². The molecule has 6 nitrogen and oxygen atoms in total. The molecule has 0 saturated carbocycles. The Morgan fingerprint density at radius 3 is 2.33 bits per heavy atom. The minimum atomic E-state index is -0.440. The van der Waals surface area contributed by atoms with Gasteiger partial charge in [0, 0.05) is 38.3 Å². The molecule has 1 aliphatic rings. The van der Waals surface area contributed by atoms with Gasteiger partial charge in [-0.2, -0.15) is 0 Å². The van der Waals surface area contributed by atoms with Crippen molar-refractivity contribution in [3.8, 4) is 0 Å². The van der Waals surface area contributed by atoms with Crippen LogP contribution in [0.3, 0.4) is 0 Å². The molecule has 0 radical (unpaired) electrons. The van der Waals surface area contributed by atoms with Crippen molar-refractivity contribution in [2.24, 2.45) is 0 Å². The Bertz CT molecular complexity index is 477. The van der Waals surface area contributed by atoms with Crippen molar-refractivity contribution in [2.45, 2.75) is 46.8 Å². The van der Waals surface area contributed by atoms with Crippen LogP contribution in [0.5, 0.6) is 0 Å². The number of nitrogens with zero attached hydrogens (tertiary/aromatic N) is 3. The summed E-state index contributed by atoms with van der Waals surface area (Å²) in [5.74, 6) is 0.877. The lowest BCUT2D eigenvalue weighted by Crippen LogP contribution is -2.49. The first-order chi connectivity index (χ1) is 9.76. The van der Waals surface area contributed by atoms with E-state index in [0.29, 0.717) is 13.1 Å². The lowest BCUT2D eigenvalue weighted by molar-refractivity contribution is 0.0138. The molecule has 0 spiro atoms. The fourth-order valence-electron chi connectivity index (χ4n) is 2.37. The summed E-state index contributed by atoms with van der Waals surface area (Å²) in [6.45, 7) is 13.4. The van der Waals surface area contributed by atoms with E-state index in [-0.39, 0.29) is 6.09 Å². The van der Waals surface area contributed by atoms with Gasteiger partial charge in [0.15, 0.2) is 0 Å². The van der Waals surface area contributed by atoms with Crippen molar-refractivity contribution in [3.63, 3.8) is 0 Å². The Morgan fingerprint density at radius 2 is 1.86 bits per heavy atom. The second-order valence-electron chi connectivity index (χ2n) is 6.55. The van der Waals surface area contributed by atoms with Gasteiger partial charge in [-0.05, 0) is 34.6 Å². The standard InChI is InChI=1S/C15H25N3O3/c1-11-13(12(2)21-16-11)10-17-6-8-18(9-7-17)14(19)20-15(3,4)5/h6-10H2,1-5H3. The van der Waals surface area contributed by atoms with Crippen LogP contribution < -0.4 is 0 Å². The van der Waals surface area contributed by atoms with Crippen LogP contribution in [0.4, 0.5) is 4.79 Å². The molecule has 2 heterocycles. The Morgan fingerprint density at radius 1 is 1.24 bits per heavy atom. The summed E-state index contributed by atoms with van der Waals surface area (Å²) in [5, 5.41) is 3.98. The fraction of sp³-hybridized carbons (Fsp3) is 0.733. The highest BCUT2D eigenvalue weighted by atomic mass is 16.6. The van der Waals surface area contributed by atoms with Crippen LogP contribution in [0.25, 0.3) is 0 Å². The number of aromatic nitrogens is 1. The molecule has 0 bridgehead atoms. The summed E-state index contributed by atoms with van der Waals surface area (Å²) < 4.78 is 10.6. The van der Waals surface area contributed by atoms with Crippen molar-refractivity contribution < 1.29 is 14.1 Å². The van der Waals surface area contributed by atoms with Gasteiger partial charge < -0.3 is 14.2 Å². The first kappa shape index (κ1) is 15.8. The molecule has 0 aromatic carbocycles. The minimum absolute atomic E-state index is 0.223. The summed E-state index contributed by atoms with van der Waals surface area (Å²) in [6, 6.07) is 0. The van der Waals surface area contributed by atoms with Gasteiger partial charge in [-0.1, -0.05) is 5.16 Å². The molecule has 1 amide bonds. The monoisotopic (exact) mass is 295 g/mol. The molecule has 1 aromatic rings. The topological polar surface area (TPSA) is 58.8 Å². The Balaban J connectivity index is 1.85. The molecule has 1 fully saturated rings. The van der Waals surface area contributed by atoms with Crippen LogP contribution in [-0.4, -0.2) is 52.8 Å². The zero-order valence-corrected chi connectivity index (χ0v) is 13.6. The van der Waals surface area contributed by atoms with E-state index in [1.54, 1.807) is 4.90 Å². The second-order valence-corrected chi connectivity index (χ2v) is 6.55. The van der Waals surface area contributed by atoms with Crippen molar-refractivity contribution in [1.82, 2.24) is 15.0 Å².